The monoisotopic (exact) mass is 504 g/mol. The number of allylic oxidation sites excluding steroid dienone is 1. The Balaban J connectivity index is 1.47. The van der Waals surface area contributed by atoms with Crippen LogP contribution in [-0.4, -0.2) is 19.2 Å². The molecule has 1 aliphatic rings. The van der Waals surface area contributed by atoms with Gasteiger partial charge in [-0.25, -0.2) is 0 Å². The van der Waals surface area contributed by atoms with Gasteiger partial charge in [0.25, 0.3) is 0 Å². The number of aryl methyl sites for hydroxylation is 1. The molecule has 0 bridgehead atoms. The fraction of sp³-hybridized carbons (Fsp3) is 0.559. The third-order valence-corrected chi connectivity index (χ3v) is 7.74. The molecule has 0 saturated carbocycles. The highest BCUT2D eigenvalue weighted by molar-refractivity contribution is 5.90. The Morgan fingerprint density at radius 1 is 0.946 bits per heavy atom. The third kappa shape index (κ3) is 7.97. The second-order valence-electron chi connectivity index (χ2n) is 12.5. The lowest BCUT2D eigenvalue weighted by Crippen LogP contribution is -2.35. The molecule has 0 N–H and O–H groups in total. The lowest BCUT2D eigenvalue weighted by atomic mass is 9.72. The Labute approximate surface area is 225 Å². The van der Waals surface area contributed by atoms with E-state index in [1.807, 2.05) is 13.8 Å². The molecule has 202 valence electrons. The van der Waals surface area contributed by atoms with Crippen molar-refractivity contribution >= 4 is 17.6 Å². The van der Waals surface area contributed by atoms with Gasteiger partial charge in [-0.1, -0.05) is 83.5 Å². The number of rotatable bonds is 13. The number of carbonyl (C=O) groups is 1. The predicted octanol–water partition coefficient (Wildman–Crippen LogP) is 8.93. The molecular formula is C34H48O3. The summed E-state index contributed by atoms with van der Waals surface area (Å²) in [6.07, 6.45) is 9.44. The topological polar surface area (TPSA) is 35.5 Å². The zero-order valence-corrected chi connectivity index (χ0v) is 24.3. The average Bonchev–Trinajstić information content (AvgIpc) is 3.28. The summed E-state index contributed by atoms with van der Waals surface area (Å²) in [5.41, 5.74) is 6.46. The third-order valence-electron chi connectivity index (χ3n) is 7.74. The first-order valence-corrected chi connectivity index (χ1v) is 14.2. The average molecular weight is 505 g/mol. The van der Waals surface area contributed by atoms with Crippen LogP contribution in [0.3, 0.4) is 0 Å². The van der Waals surface area contributed by atoms with Crippen LogP contribution in [-0.2, 0) is 22.4 Å². The van der Waals surface area contributed by atoms with Gasteiger partial charge in [0.2, 0.25) is 0 Å². The first-order valence-electron chi connectivity index (χ1n) is 14.2. The number of hydrogen-bond donors (Lipinski definition) is 0. The van der Waals surface area contributed by atoms with Crippen LogP contribution in [0.5, 0.6) is 5.75 Å². The summed E-state index contributed by atoms with van der Waals surface area (Å²) in [4.78, 5) is 12.7. The molecule has 0 radical (unpaired) electrons. The van der Waals surface area contributed by atoms with E-state index in [1.54, 1.807) is 0 Å². The SMILES string of the molecule is CCCCc1ccccc1C1=Cc2cccc(OCCCCOC(=O)C(C)(C)C(C)CC(C)(C)C)c2C1. The van der Waals surface area contributed by atoms with Crippen molar-refractivity contribution in [2.75, 3.05) is 13.2 Å². The molecular weight excluding hydrogens is 456 g/mol. The normalized spacial score (nSPS) is 14.2. The highest BCUT2D eigenvalue weighted by atomic mass is 16.5. The molecule has 2 aromatic carbocycles. The highest BCUT2D eigenvalue weighted by Crippen LogP contribution is 2.39. The number of carbonyl (C=O) groups excluding carboxylic acids is 1. The van der Waals surface area contributed by atoms with Gasteiger partial charge in [0.1, 0.15) is 5.75 Å². The maximum atomic E-state index is 12.7. The molecule has 0 fully saturated rings. The van der Waals surface area contributed by atoms with Crippen molar-refractivity contribution in [2.45, 2.75) is 93.4 Å². The predicted molar refractivity (Wildman–Crippen MR) is 156 cm³/mol. The van der Waals surface area contributed by atoms with Crippen molar-refractivity contribution in [2.24, 2.45) is 16.7 Å². The van der Waals surface area contributed by atoms with Crippen LogP contribution in [0.2, 0.25) is 0 Å². The van der Waals surface area contributed by atoms with Gasteiger partial charge in [-0.05, 0) is 85.6 Å². The van der Waals surface area contributed by atoms with Crippen LogP contribution in [0.1, 0.15) is 103 Å². The van der Waals surface area contributed by atoms with Gasteiger partial charge < -0.3 is 9.47 Å². The summed E-state index contributed by atoms with van der Waals surface area (Å²) in [5, 5.41) is 0. The van der Waals surface area contributed by atoms with E-state index in [9.17, 15) is 4.79 Å². The van der Waals surface area contributed by atoms with Gasteiger partial charge in [0, 0.05) is 12.0 Å². The van der Waals surface area contributed by atoms with Crippen LogP contribution >= 0.6 is 0 Å². The Hall–Kier alpha value is -2.55. The van der Waals surface area contributed by atoms with Crippen LogP contribution in [0.4, 0.5) is 0 Å². The molecule has 2 aromatic rings. The van der Waals surface area contributed by atoms with Crippen molar-refractivity contribution in [3.63, 3.8) is 0 Å². The molecule has 3 heteroatoms. The van der Waals surface area contributed by atoms with E-state index in [0.29, 0.717) is 13.2 Å². The van der Waals surface area contributed by atoms with E-state index in [-0.39, 0.29) is 17.3 Å². The van der Waals surface area contributed by atoms with Crippen LogP contribution in [0.25, 0.3) is 11.6 Å². The fourth-order valence-corrected chi connectivity index (χ4v) is 5.18. The summed E-state index contributed by atoms with van der Waals surface area (Å²) < 4.78 is 11.9. The molecule has 1 aliphatic carbocycles. The minimum Gasteiger partial charge on any atom is -0.493 e. The van der Waals surface area contributed by atoms with E-state index in [1.165, 1.54) is 40.7 Å². The zero-order valence-electron chi connectivity index (χ0n) is 24.3. The van der Waals surface area contributed by atoms with Gasteiger partial charge in [0.15, 0.2) is 0 Å². The number of ether oxygens (including phenoxy) is 2. The second kappa shape index (κ2) is 12.8. The number of benzene rings is 2. The lowest BCUT2D eigenvalue weighted by Gasteiger charge is -2.34. The maximum Gasteiger partial charge on any atom is 0.311 e. The van der Waals surface area contributed by atoms with Gasteiger partial charge in [0.05, 0.1) is 18.6 Å². The van der Waals surface area contributed by atoms with E-state index >= 15 is 0 Å². The van der Waals surface area contributed by atoms with E-state index in [0.717, 1.165) is 37.9 Å². The molecule has 1 unspecified atom stereocenters. The van der Waals surface area contributed by atoms with Crippen molar-refractivity contribution in [1.29, 1.82) is 0 Å². The van der Waals surface area contributed by atoms with Crippen molar-refractivity contribution in [3.05, 3.63) is 64.7 Å². The molecule has 0 heterocycles. The summed E-state index contributed by atoms with van der Waals surface area (Å²) in [5.74, 6) is 1.15. The number of esters is 1. The second-order valence-corrected chi connectivity index (χ2v) is 12.5. The van der Waals surface area contributed by atoms with E-state index in [2.05, 4.69) is 83.2 Å². The summed E-state index contributed by atoms with van der Waals surface area (Å²) in [6.45, 7) is 16.1. The van der Waals surface area contributed by atoms with Gasteiger partial charge in [-0.3, -0.25) is 4.79 Å². The Kier molecular flexibility index (Phi) is 10.0. The fourth-order valence-electron chi connectivity index (χ4n) is 5.18. The molecule has 1 atom stereocenters. The lowest BCUT2D eigenvalue weighted by molar-refractivity contribution is -0.157. The Morgan fingerprint density at radius 2 is 1.68 bits per heavy atom. The quantitative estimate of drug-likeness (QED) is 0.202. The van der Waals surface area contributed by atoms with Gasteiger partial charge in [-0.15, -0.1) is 0 Å². The molecule has 0 amide bonds. The molecule has 37 heavy (non-hydrogen) atoms. The highest BCUT2D eigenvalue weighted by Gasteiger charge is 2.37. The van der Waals surface area contributed by atoms with E-state index < -0.39 is 5.41 Å². The number of fused-ring (bicyclic) bond motifs is 1. The van der Waals surface area contributed by atoms with Gasteiger partial charge in [-0.2, -0.15) is 0 Å². The molecule has 0 aliphatic heterocycles. The Morgan fingerprint density at radius 3 is 2.41 bits per heavy atom. The number of hydrogen-bond acceptors (Lipinski definition) is 3. The zero-order chi connectivity index (χ0) is 27.1. The summed E-state index contributed by atoms with van der Waals surface area (Å²) in [7, 11) is 0. The van der Waals surface area contributed by atoms with Crippen molar-refractivity contribution < 1.29 is 14.3 Å². The van der Waals surface area contributed by atoms with Crippen LogP contribution in [0, 0.1) is 16.7 Å². The summed E-state index contributed by atoms with van der Waals surface area (Å²) in [6, 6.07) is 15.2. The smallest absolute Gasteiger partial charge is 0.311 e. The van der Waals surface area contributed by atoms with Crippen LogP contribution in [0.15, 0.2) is 42.5 Å². The molecule has 3 rings (SSSR count). The molecule has 0 saturated heterocycles. The maximum absolute atomic E-state index is 12.7. The minimum atomic E-state index is -0.478. The molecule has 3 nitrogen and oxygen atoms in total. The standard InChI is InChI=1S/C34H48O3/c1-8-9-15-26-16-10-11-18-29(26)28-22-27-17-14-19-31(30(27)23-28)36-20-12-13-21-37-32(35)34(6,7)25(2)24-33(3,4)5/h10-11,14,16-19,22,25H,8-9,12-13,15,20-21,23-24H2,1-7H3. The first-order chi connectivity index (χ1) is 17.5. The number of unbranched alkanes of at least 4 members (excludes halogenated alkanes) is 2. The van der Waals surface area contributed by atoms with Crippen molar-refractivity contribution in [3.8, 4) is 5.75 Å². The minimum absolute atomic E-state index is 0.0936. The molecule has 0 spiro atoms. The van der Waals surface area contributed by atoms with E-state index in [4.69, 9.17) is 9.47 Å². The molecule has 0 aromatic heterocycles. The van der Waals surface area contributed by atoms with Crippen molar-refractivity contribution in [1.82, 2.24) is 0 Å². The Bertz CT molecular complexity index is 1070. The van der Waals surface area contributed by atoms with Crippen LogP contribution < -0.4 is 4.74 Å². The van der Waals surface area contributed by atoms with Gasteiger partial charge >= 0.3 is 5.97 Å². The first kappa shape index (κ1) is 29.0. The largest absolute Gasteiger partial charge is 0.493 e. The summed E-state index contributed by atoms with van der Waals surface area (Å²) >= 11 is 0.